The summed E-state index contributed by atoms with van der Waals surface area (Å²) in [6.45, 7) is 6.46. The molecule has 0 aliphatic heterocycles. The highest BCUT2D eigenvalue weighted by Gasteiger charge is 2.23. The van der Waals surface area contributed by atoms with E-state index in [-0.39, 0.29) is 11.2 Å². The average molecular weight is 713 g/mol. The lowest BCUT2D eigenvalue weighted by atomic mass is 9.86. The second kappa shape index (κ2) is 13.3. The smallest absolute Gasteiger partial charge is 0.147 e. The largest absolute Gasteiger partial charge is 0.507 e. The number of nitrogens with zero attached hydrogens (tertiary/aromatic N) is 4. The Bertz CT molecular complexity index is 2980. The molecule has 0 saturated heterocycles. The third-order valence-corrected chi connectivity index (χ3v) is 10.2. The van der Waals surface area contributed by atoms with Crippen LogP contribution >= 0.6 is 0 Å². The zero-order chi connectivity index (χ0) is 37.7. The molecule has 0 saturated carbocycles. The first kappa shape index (κ1) is 33.6. The molecule has 6 nitrogen and oxygen atoms in total. The molecule has 9 rings (SSSR count). The van der Waals surface area contributed by atoms with Gasteiger partial charge < -0.3 is 9.52 Å². The Kier molecular flexibility index (Phi) is 8.14. The second-order valence-corrected chi connectivity index (χ2v) is 14.7. The van der Waals surface area contributed by atoms with Gasteiger partial charge in [-0.25, -0.2) is 4.98 Å². The predicted molar refractivity (Wildman–Crippen MR) is 223 cm³/mol. The molecule has 0 atom stereocenters. The summed E-state index contributed by atoms with van der Waals surface area (Å²) in [5, 5.41) is 22.3. The minimum Gasteiger partial charge on any atom is -0.507 e. The number of nitriles is 1. The van der Waals surface area contributed by atoms with Crippen LogP contribution in [0.1, 0.15) is 37.5 Å². The summed E-state index contributed by atoms with van der Waals surface area (Å²) in [6, 6.07) is 52.5. The van der Waals surface area contributed by atoms with E-state index in [4.69, 9.17) is 14.4 Å². The van der Waals surface area contributed by atoms with Gasteiger partial charge >= 0.3 is 0 Å². The molecule has 55 heavy (non-hydrogen) atoms. The summed E-state index contributed by atoms with van der Waals surface area (Å²) < 4.78 is 8.89. The average Bonchev–Trinajstić information content (AvgIpc) is 3.80. The van der Waals surface area contributed by atoms with Crippen LogP contribution in [0.4, 0.5) is 5.69 Å². The number of fused-ring (bicyclic) bond motifs is 4. The molecule has 7 aromatic carbocycles. The van der Waals surface area contributed by atoms with Gasteiger partial charge in [0.05, 0.1) is 28.4 Å². The quantitative estimate of drug-likeness (QED) is 0.174. The molecule has 9 aromatic rings. The molecule has 0 fully saturated rings. The summed E-state index contributed by atoms with van der Waals surface area (Å²) in [7, 11) is 0. The third-order valence-electron chi connectivity index (χ3n) is 10.2. The molecule has 0 amide bonds. The van der Waals surface area contributed by atoms with Gasteiger partial charge in [-0.05, 0) is 88.8 Å². The zero-order valence-electron chi connectivity index (χ0n) is 30.7. The van der Waals surface area contributed by atoms with Crippen molar-refractivity contribution >= 4 is 44.9 Å². The highest BCUT2D eigenvalue weighted by Crippen LogP contribution is 2.44. The number of hydrogen-bond donors (Lipinski definition) is 1. The normalized spacial score (nSPS) is 11.9. The Labute approximate surface area is 318 Å². The van der Waals surface area contributed by atoms with Crippen molar-refractivity contribution in [3.8, 4) is 51.1 Å². The number of aromatic hydroxyl groups is 1. The van der Waals surface area contributed by atoms with Crippen molar-refractivity contribution < 1.29 is 9.52 Å². The van der Waals surface area contributed by atoms with Gasteiger partial charge in [-0.1, -0.05) is 106 Å². The van der Waals surface area contributed by atoms with Crippen molar-refractivity contribution in [3.05, 3.63) is 168 Å². The van der Waals surface area contributed by atoms with Crippen LogP contribution in [-0.2, 0) is 5.41 Å². The lowest BCUT2D eigenvalue weighted by Crippen LogP contribution is -2.11. The van der Waals surface area contributed by atoms with E-state index in [2.05, 4.69) is 79.9 Å². The number of hydrogen-bond acceptors (Lipinski definition) is 5. The minimum absolute atomic E-state index is 0.0790. The number of aromatic nitrogens is 2. The Morgan fingerprint density at radius 3 is 2.25 bits per heavy atom. The van der Waals surface area contributed by atoms with E-state index >= 15 is 0 Å². The predicted octanol–water partition coefficient (Wildman–Crippen LogP) is 12.6. The molecule has 0 bridgehead atoms. The van der Waals surface area contributed by atoms with E-state index in [1.165, 1.54) is 0 Å². The molecule has 0 aliphatic rings. The molecule has 2 heterocycles. The summed E-state index contributed by atoms with van der Waals surface area (Å²) in [5.74, 6) is 0.918. The Morgan fingerprint density at radius 2 is 1.45 bits per heavy atom. The molecule has 2 aromatic heterocycles. The number of aliphatic imine (C=N–C) groups is 1. The van der Waals surface area contributed by atoms with Gasteiger partial charge in [-0.15, -0.1) is 0 Å². The fraction of sp³-hybridized carbons (Fsp3) is 0.0816. The van der Waals surface area contributed by atoms with Crippen LogP contribution in [0, 0.1) is 11.3 Å². The van der Waals surface area contributed by atoms with Crippen LogP contribution in [0.3, 0.4) is 0 Å². The zero-order valence-corrected chi connectivity index (χ0v) is 30.7. The number of phenols is 1. The number of benzene rings is 7. The van der Waals surface area contributed by atoms with Gasteiger partial charge in [-0.2, -0.15) is 5.26 Å². The number of rotatable bonds is 6. The topological polar surface area (TPSA) is 87.3 Å². The van der Waals surface area contributed by atoms with E-state index in [1.54, 1.807) is 12.3 Å². The van der Waals surface area contributed by atoms with Crippen molar-refractivity contribution in [1.82, 2.24) is 9.55 Å². The Hall–Kier alpha value is -7.23. The van der Waals surface area contributed by atoms with Crippen LogP contribution in [0.25, 0.3) is 72.3 Å². The molecule has 264 valence electrons. The molecule has 0 aliphatic carbocycles. The molecule has 0 spiro atoms. The van der Waals surface area contributed by atoms with Crippen LogP contribution in [0.5, 0.6) is 5.75 Å². The molecule has 0 radical (unpaired) electrons. The van der Waals surface area contributed by atoms with E-state index in [0.29, 0.717) is 11.1 Å². The fourth-order valence-electron chi connectivity index (χ4n) is 7.38. The minimum atomic E-state index is -0.0790. The SMILES string of the molecule is CC(C)(C)c1ccc(O)c(C=Nc2ccccc2-c2nc3c(-c4ccc(-c5ccc(C#N)cc5)c5c4oc4ccccc45)cccc3n2-c2ccccc2)c1. The molecular formula is C49H36N4O2. The van der Waals surface area contributed by atoms with Crippen LogP contribution in [-0.4, -0.2) is 20.9 Å². The maximum Gasteiger partial charge on any atom is 0.147 e. The summed E-state index contributed by atoms with van der Waals surface area (Å²) in [4.78, 5) is 10.4. The van der Waals surface area contributed by atoms with E-state index in [9.17, 15) is 10.4 Å². The first-order valence-corrected chi connectivity index (χ1v) is 18.3. The lowest BCUT2D eigenvalue weighted by molar-refractivity contribution is 0.473. The second-order valence-electron chi connectivity index (χ2n) is 14.7. The molecular weight excluding hydrogens is 677 g/mol. The number of para-hydroxylation sites is 4. The highest BCUT2D eigenvalue weighted by atomic mass is 16.3. The molecule has 1 N–H and O–H groups in total. The fourth-order valence-corrected chi connectivity index (χ4v) is 7.38. The van der Waals surface area contributed by atoms with Crippen molar-refractivity contribution in [2.24, 2.45) is 4.99 Å². The summed E-state index contributed by atoms with van der Waals surface area (Å²) >= 11 is 0. The van der Waals surface area contributed by atoms with Gasteiger partial charge in [0, 0.05) is 44.9 Å². The Morgan fingerprint density at radius 1 is 0.727 bits per heavy atom. The molecule has 6 heteroatoms. The summed E-state index contributed by atoms with van der Waals surface area (Å²) in [5.41, 5.74) is 12.1. The maximum absolute atomic E-state index is 10.8. The van der Waals surface area contributed by atoms with Crippen molar-refractivity contribution in [2.75, 3.05) is 0 Å². The standard InChI is InChI=1S/C49H36N4O2/c1-49(2,3)34-24-27-43(54)33(28-34)30-51-41-17-9-7-14-39(41)48-52-46-37(16-11-18-42(46)53(48)35-12-5-4-6-13-35)38-26-25-36(32-22-20-31(29-50)21-23-32)45-40-15-8-10-19-44(40)55-47(38)45/h4-28,30,54H,1-3H3. The van der Waals surface area contributed by atoms with Crippen LogP contribution in [0.15, 0.2) is 161 Å². The number of imidazole rings is 1. The maximum atomic E-state index is 10.8. The van der Waals surface area contributed by atoms with Crippen LogP contribution < -0.4 is 0 Å². The highest BCUT2D eigenvalue weighted by molar-refractivity contribution is 6.17. The van der Waals surface area contributed by atoms with E-state index < -0.39 is 0 Å². The van der Waals surface area contributed by atoms with Gasteiger partial charge in [0.2, 0.25) is 0 Å². The number of phenolic OH excluding ortho intramolecular Hbond substituents is 1. The first-order chi connectivity index (χ1) is 26.8. The van der Waals surface area contributed by atoms with Gasteiger partial charge in [0.25, 0.3) is 0 Å². The van der Waals surface area contributed by atoms with Gasteiger partial charge in [-0.3, -0.25) is 9.56 Å². The van der Waals surface area contributed by atoms with Gasteiger partial charge in [0.1, 0.15) is 22.7 Å². The first-order valence-electron chi connectivity index (χ1n) is 18.3. The van der Waals surface area contributed by atoms with Crippen molar-refractivity contribution in [1.29, 1.82) is 5.26 Å². The Balaban J connectivity index is 1.26. The molecule has 0 unspecified atom stereocenters. The lowest BCUT2D eigenvalue weighted by Gasteiger charge is -2.19. The summed E-state index contributed by atoms with van der Waals surface area (Å²) in [6.07, 6.45) is 1.73. The number of furan rings is 1. The van der Waals surface area contributed by atoms with Crippen molar-refractivity contribution in [3.63, 3.8) is 0 Å². The van der Waals surface area contributed by atoms with Crippen LogP contribution in [0.2, 0.25) is 0 Å². The van der Waals surface area contributed by atoms with Crippen molar-refractivity contribution in [2.45, 2.75) is 26.2 Å². The van der Waals surface area contributed by atoms with Gasteiger partial charge in [0.15, 0.2) is 0 Å². The van der Waals surface area contributed by atoms with E-state index in [0.717, 1.165) is 83.6 Å². The third kappa shape index (κ3) is 5.93. The van der Waals surface area contributed by atoms with E-state index in [1.807, 2.05) is 97.1 Å². The monoisotopic (exact) mass is 712 g/mol.